The summed E-state index contributed by atoms with van der Waals surface area (Å²) in [4.78, 5) is 14.7. The van der Waals surface area contributed by atoms with Gasteiger partial charge in [-0.15, -0.1) is 0 Å². The standard InChI is InChI=1S/C10H10F5N3O2/c11-9(12,10(13,14)15)5-20-4-7-2-1-6(3-17-7)8(19)18-16/h1-3H,4-5,16H2,(H,18,19). The number of nitrogens with two attached hydrogens (primary N) is 1. The van der Waals surface area contributed by atoms with E-state index in [9.17, 15) is 26.7 Å². The number of carbonyl (C=O) groups is 1. The van der Waals surface area contributed by atoms with E-state index in [1.54, 1.807) is 0 Å². The average Bonchev–Trinajstić information content (AvgIpc) is 2.37. The normalized spacial score (nSPS) is 12.3. The van der Waals surface area contributed by atoms with Gasteiger partial charge in [-0.1, -0.05) is 0 Å². The summed E-state index contributed by atoms with van der Waals surface area (Å²) in [6.45, 7) is -2.35. The molecule has 5 nitrogen and oxygen atoms in total. The molecule has 0 aliphatic carbocycles. The Bertz CT molecular complexity index is 461. The number of hydrogen-bond acceptors (Lipinski definition) is 4. The zero-order valence-corrected chi connectivity index (χ0v) is 9.88. The molecule has 0 unspecified atom stereocenters. The third kappa shape index (κ3) is 4.10. The summed E-state index contributed by atoms with van der Waals surface area (Å²) in [5, 5.41) is 0. The molecule has 3 N–H and O–H groups in total. The summed E-state index contributed by atoms with van der Waals surface area (Å²) in [5.74, 6) is -0.672. The highest BCUT2D eigenvalue weighted by Crippen LogP contribution is 2.35. The molecular formula is C10H10F5N3O2. The van der Waals surface area contributed by atoms with Gasteiger partial charge in [0.15, 0.2) is 0 Å². The van der Waals surface area contributed by atoms with Gasteiger partial charge in [0.05, 0.1) is 17.9 Å². The van der Waals surface area contributed by atoms with Crippen molar-refractivity contribution >= 4 is 5.91 Å². The number of halogens is 5. The number of rotatable bonds is 5. The molecule has 1 aromatic heterocycles. The maximum atomic E-state index is 12.5. The molecule has 1 heterocycles. The van der Waals surface area contributed by atoms with E-state index in [1.807, 2.05) is 5.43 Å². The number of ether oxygens (including phenoxy) is 1. The molecule has 1 rings (SSSR count). The molecule has 0 saturated heterocycles. The van der Waals surface area contributed by atoms with Gasteiger partial charge in [-0.25, -0.2) is 5.84 Å². The van der Waals surface area contributed by atoms with Crippen LogP contribution in [0, 0.1) is 0 Å². The molecule has 1 aromatic rings. The molecule has 20 heavy (non-hydrogen) atoms. The summed E-state index contributed by atoms with van der Waals surface area (Å²) in [5.41, 5.74) is 2.05. The fraction of sp³-hybridized carbons (Fsp3) is 0.400. The van der Waals surface area contributed by atoms with E-state index in [0.717, 1.165) is 6.20 Å². The Labute approximate surface area is 109 Å². The van der Waals surface area contributed by atoms with Gasteiger partial charge in [0.1, 0.15) is 6.61 Å². The third-order valence-electron chi connectivity index (χ3n) is 2.17. The minimum absolute atomic E-state index is 0.0940. The van der Waals surface area contributed by atoms with Crippen LogP contribution in [0.3, 0.4) is 0 Å². The predicted molar refractivity (Wildman–Crippen MR) is 56.5 cm³/mol. The second-order valence-electron chi connectivity index (χ2n) is 3.71. The monoisotopic (exact) mass is 299 g/mol. The van der Waals surface area contributed by atoms with Crippen LogP contribution in [-0.2, 0) is 11.3 Å². The largest absolute Gasteiger partial charge is 0.455 e. The van der Waals surface area contributed by atoms with Crippen LogP contribution in [0.4, 0.5) is 22.0 Å². The number of amides is 1. The Morgan fingerprint density at radius 2 is 1.95 bits per heavy atom. The SMILES string of the molecule is NNC(=O)c1ccc(COCC(F)(F)C(F)(F)F)nc1. The minimum atomic E-state index is -5.66. The number of hydrazine groups is 1. The third-order valence-corrected chi connectivity index (χ3v) is 2.17. The molecule has 0 spiro atoms. The van der Waals surface area contributed by atoms with Gasteiger partial charge in [0, 0.05) is 6.20 Å². The van der Waals surface area contributed by atoms with Crippen molar-refractivity contribution in [3.63, 3.8) is 0 Å². The Morgan fingerprint density at radius 3 is 2.40 bits per heavy atom. The van der Waals surface area contributed by atoms with Gasteiger partial charge in [-0.05, 0) is 12.1 Å². The van der Waals surface area contributed by atoms with E-state index < -0.39 is 31.2 Å². The van der Waals surface area contributed by atoms with Gasteiger partial charge < -0.3 is 4.74 Å². The van der Waals surface area contributed by atoms with E-state index >= 15 is 0 Å². The van der Waals surface area contributed by atoms with Crippen LogP contribution in [0.2, 0.25) is 0 Å². The van der Waals surface area contributed by atoms with Crippen molar-refractivity contribution in [3.05, 3.63) is 29.6 Å². The number of hydrogen-bond donors (Lipinski definition) is 2. The molecule has 10 heteroatoms. The fourth-order valence-corrected chi connectivity index (χ4v) is 1.09. The average molecular weight is 299 g/mol. The zero-order chi connectivity index (χ0) is 15.4. The number of alkyl halides is 5. The molecule has 0 saturated carbocycles. The molecule has 0 bridgehead atoms. The van der Waals surface area contributed by atoms with Crippen LogP contribution in [0.25, 0.3) is 0 Å². The second-order valence-corrected chi connectivity index (χ2v) is 3.71. The molecule has 0 aliphatic rings. The van der Waals surface area contributed by atoms with E-state index in [4.69, 9.17) is 5.84 Å². The first-order valence-electron chi connectivity index (χ1n) is 5.15. The number of nitrogen functional groups attached to an aromatic ring is 1. The first kappa shape index (κ1) is 16.2. The Hall–Kier alpha value is -1.81. The van der Waals surface area contributed by atoms with Crippen molar-refractivity contribution in [2.45, 2.75) is 18.7 Å². The molecule has 0 radical (unpaired) electrons. The molecule has 0 aromatic carbocycles. The molecule has 0 atom stereocenters. The van der Waals surface area contributed by atoms with Crippen molar-refractivity contribution in [3.8, 4) is 0 Å². The van der Waals surface area contributed by atoms with E-state index in [1.165, 1.54) is 12.1 Å². The maximum Gasteiger partial charge on any atom is 0.455 e. The van der Waals surface area contributed by atoms with E-state index in [2.05, 4.69) is 9.72 Å². The van der Waals surface area contributed by atoms with Crippen LogP contribution < -0.4 is 11.3 Å². The van der Waals surface area contributed by atoms with Gasteiger partial charge >= 0.3 is 12.1 Å². The Morgan fingerprint density at radius 1 is 1.30 bits per heavy atom. The first-order chi connectivity index (χ1) is 9.17. The van der Waals surface area contributed by atoms with Gasteiger partial charge in [-0.2, -0.15) is 22.0 Å². The Balaban J connectivity index is 2.53. The summed E-state index contributed by atoms with van der Waals surface area (Å²) in [6.07, 6.45) is -4.58. The topological polar surface area (TPSA) is 77.2 Å². The highest BCUT2D eigenvalue weighted by molar-refractivity contribution is 5.93. The number of aromatic nitrogens is 1. The van der Waals surface area contributed by atoms with Crippen LogP contribution in [0.5, 0.6) is 0 Å². The maximum absolute atomic E-state index is 12.5. The van der Waals surface area contributed by atoms with Crippen LogP contribution in [0.1, 0.15) is 16.1 Å². The number of nitrogens with one attached hydrogen (secondary N) is 1. The molecule has 0 fully saturated rings. The van der Waals surface area contributed by atoms with Crippen molar-refractivity contribution < 1.29 is 31.5 Å². The van der Waals surface area contributed by atoms with Crippen molar-refractivity contribution in [1.82, 2.24) is 10.4 Å². The lowest BCUT2D eigenvalue weighted by molar-refractivity contribution is -0.297. The number of nitrogens with zero attached hydrogens (tertiary/aromatic N) is 1. The fourth-order valence-electron chi connectivity index (χ4n) is 1.09. The second kappa shape index (κ2) is 6.09. The first-order valence-corrected chi connectivity index (χ1v) is 5.15. The summed E-state index contributed by atoms with van der Waals surface area (Å²) < 4.78 is 64.8. The van der Waals surface area contributed by atoms with Crippen molar-refractivity contribution in [2.75, 3.05) is 6.61 Å². The molecular weight excluding hydrogens is 289 g/mol. The lowest BCUT2D eigenvalue weighted by Gasteiger charge is -2.19. The number of pyridine rings is 1. The van der Waals surface area contributed by atoms with Crippen molar-refractivity contribution in [1.29, 1.82) is 0 Å². The zero-order valence-electron chi connectivity index (χ0n) is 9.88. The van der Waals surface area contributed by atoms with Crippen LogP contribution in [-0.4, -0.2) is 29.6 Å². The highest BCUT2D eigenvalue weighted by Gasteiger charge is 2.57. The molecule has 0 aliphatic heterocycles. The lowest BCUT2D eigenvalue weighted by Crippen LogP contribution is -2.40. The smallest absolute Gasteiger partial charge is 0.369 e. The summed E-state index contributed by atoms with van der Waals surface area (Å²) in [7, 11) is 0. The number of carbonyl (C=O) groups excluding carboxylic acids is 1. The van der Waals surface area contributed by atoms with Crippen LogP contribution >= 0.6 is 0 Å². The highest BCUT2D eigenvalue weighted by atomic mass is 19.4. The van der Waals surface area contributed by atoms with Gasteiger partial charge in [-0.3, -0.25) is 15.2 Å². The molecule has 112 valence electrons. The van der Waals surface area contributed by atoms with E-state index in [0.29, 0.717) is 0 Å². The van der Waals surface area contributed by atoms with Gasteiger partial charge in [0.2, 0.25) is 0 Å². The predicted octanol–water partition coefficient (Wildman–Crippen LogP) is 1.40. The minimum Gasteiger partial charge on any atom is -0.369 e. The van der Waals surface area contributed by atoms with Gasteiger partial charge in [0.25, 0.3) is 5.91 Å². The van der Waals surface area contributed by atoms with E-state index in [-0.39, 0.29) is 11.3 Å². The molecule has 1 amide bonds. The lowest BCUT2D eigenvalue weighted by atomic mass is 10.2. The summed E-state index contributed by atoms with van der Waals surface area (Å²) >= 11 is 0. The quantitative estimate of drug-likeness (QED) is 0.373. The van der Waals surface area contributed by atoms with Crippen LogP contribution in [0.15, 0.2) is 18.3 Å². The Kier molecular flexibility index (Phi) is 4.95. The summed E-state index contributed by atoms with van der Waals surface area (Å²) in [6, 6.07) is 2.52. The van der Waals surface area contributed by atoms with Crippen molar-refractivity contribution in [2.24, 2.45) is 5.84 Å².